The lowest BCUT2D eigenvalue weighted by Crippen LogP contribution is -2.28. The third kappa shape index (κ3) is 3.19. The summed E-state index contributed by atoms with van der Waals surface area (Å²) in [4.78, 5) is 12.3. The molecule has 2 aromatic rings. The Hall–Kier alpha value is -2.01. The van der Waals surface area contributed by atoms with E-state index in [4.69, 9.17) is 17.9 Å². The third-order valence-electron chi connectivity index (χ3n) is 2.79. The van der Waals surface area contributed by atoms with E-state index in [2.05, 4.69) is 4.74 Å². The van der Waals surface area contributed by atoms with Crippen LogP contribution in [-0.2, 0) is 17.5 Å². The number of likely N-dealkylation sites (N-methyl/N-ethyl adjacent to an activating group) is 1. The van der Waals surface area contributed by atoms with Gasteiger partial charge in [-0.2, -0.15) is 0 Å². The molecule has 0 saturated carbocycles. The van der Waals surface area contributed by atoms with Gasteiger partial charge in [0, 0.05) is 33.2 Å². The van der Waals surface area contributed by atoms with Crippen molar-refractivity contribution in [3.05, 3.63) is 35.5 Å². The third-order valence-corrected chi connectivity index (χ3v) is 2.79. The molecule has 0 spiro atoms. The molecule has 3 rings (SSSR count). The molecule has 1 aromatic heterocycles. The number of amides is 1. The van der Waals surface area contributed by atoms with Crippen LogP contribution < -0.4 is 5.31 Å². The number of aromatic amines is 1. The van der Waals surface area contributed by atoms with Crippen LogP contribution in [0.15, 0.2) is 24.3 Å². The Balaban J connectivity index is 2.28. The van der Waals surface area contributed by atoms with Gasteiger partial charge < -0.3 is 19.9 Å². The molecule has 0 aliphatic carbocycles. The van der Waals surface area contributed by atoms with Crippen molar-refractivity contribution < 1.29 is 27.4 Å². The molecular weight excluding hydrogens is 266 g/mol. The van der Waals surface area contributed by atoms with Crippen molar-refractivity contribution in [1.82, 2.24) is 15.2 Å². The van der Waals surface area contributed by atoms with Gasteiger partial charge in [0.05, 0.1) is 11.5 Å². The number of rotatable bonds is 5. The van der Waals surface area contributed by atoms with Gasteiger partial charge >= 0.3 is 6.09 Å². The highest BCUT2D eigenvalue weighted by Gasteiger charge is 2.22. The fraction of sp³-hybridized carbons (Fsp3) is 0.438. The maximum Gasteiger partial charge on any atom is 0.407 e. The molecule has 1 aliphatic rings. The molecule has 1 aromatic carbocycles. The first kappa shape index (κ1) is 5.32. The molecule has 5 heteroatoms. The van der Waals surface area contributed by atoms with Crippen molar-refractivity contribution in [2.75, 3.05) is 27.1 Å². The monoisotopic (exact) mass is 300 g/mol. The molecule has 21 heavy (non-hydrogen) atoms. The Labute approximate surface area is 142 Å². The Morgan fingerprint density at radius 3 is 3.38 bits per heavy atom. The summed E-state index contributed by atoms with van der Waals surface area (Å²) in [6.07, 6.45) is -4.02. The van der Waals surface area contributed by atoms with Crippen LogP contribution in [-0.4, -0.2) is 49.1 Å². The van der Waals surface area contributed by atoms with E-state index in [9.17, 15) is 4.79 Å². The van der Waals surface area contributed by atoms with Gasteiger partial charge in [-0.1, -0.05) is 6.04 Å². The quantitative estimate of drug-likeness (QED) is 0.887. The summed E-state index contributed by atoms with van der Waals surface area (Å²) in [6, 6.07) is -3.85. The zero-order valence-electron chi connectivity index (χ0n) is 24.1. The minimum absolute atomic E-state index is 0.205. The summed E-state index contributed by atoms with van der Waals surface area (Å²) in [5, 5.41) is -0.191. The predicted molar refractivity (Wildman–Crippen MR) is 82.5 cm³/mol. The van der Waals surface area contributed by atoms with E-state index in [-0.39, 0.29) is 21.3 Å². The van der Waals surface area contributed by atoms with E-state index in [0.717, 1.165) is 13.2 Å². The number of ether oxygens (including phenoxy) is 1. The first-order chi connectivity index (χ1) is 15.3. The average molecular weight is 300 g/mol. The van der Waals surface area contributed by atoms with Crippen molar-refractivity contribution >= 4 is 17.0 Å². The topological polar surface area (TPSA) is 57.4 Å². The minimum atomic E-state index is -3.17. The van der Waals surface area contributed by atoms with Crippen molar-refractivity contribution in [3.63, 3.8) is 0 Å². The number of carbonyl (C=O) groups is 1. The molecule has 0 radical (unpaired) electrons. The van der Waals surface area contributed by atoms with Crippen LogP contribution in [0.25, 0.3) is 10.9 Å². The molecule has 1 saturated heterocycles. The normalized spacial score (nSPS) is 33.1. The van der Waals surface area contributed by atoms with E-state index in [1.165, 1.54) is 0 Å². The highest BCUT2D eigenvalue weighted by molar-refractivity contribution is 5.84. The van der Waals surface area contributed by atoms with Gasteiger partial charge in [0.1, 0.15) is 6.61 Å². The number of hydrogen-bond acceptors (Lipinski definition) is 3. The number of carbonyl (C=O) groups excluding carboxylic acids is 1. The fourth-order valence-corrected chi connectivity index (χ4v) is 1.88. The number of alkyl carbamates (subject to hydrolysis) is 1. The van der Waals surface area contributed by atoms with Crippen molar-refractivity contribution in [1.29, 1.82) is 0 Å². The van der Waals surface area contributed by atoms with Crippen molar-refractivity contribution in [3.8, 4) is 0 Å². The van der Waals surface area contributed by atoms with Gasteiger partial charge in [0.2, 0.25) is 0 Å². The van der Waals surface area contributed by atoms with Gasteiger partial charge in [-0.05, 0) is 50.0 Å². The van der Waals surface area contributed by atoms with E-state index in [1.54, 1.807) is 0 Å². The second-order valence-corrected chi connectivity index (χ2v) is 4.45. The number of hydrogen-bond donors (Lipinski definition) is 2. The van der Waals surface area contributed by atoms with E-state index in [0.29, 0.717) is 4.98 Å². The van der Waals surface area contributed by atoms with Gasteiger partial charge in [0.15, 0.2) is 2.82 Å². The lowest BCUT2D eigenvalue weighted by molar-refractivity contribution is 0.177. The number of H-pyrrole nitrogens is 1. The molecule has 112 valence electrons. The molecular formula is C16H21N3O2. The summed E-state index contributed by atoms with van der Waals surface area (Å²) < 4.78 is 110. The first-order valence-corrected chi connectivity index (χ1v) is 6.12. The number of cyclic esters (lactones) is 1. The number of benzene rings is 1. The second-order valence-electron chi connectivity index (χ2n) is 4.45. The largest absolute Gasteiger partial charge is 0.447 e. The van der Waals surface area contributed by atoms with E-state index < -0.39 is 74.1 Å². The van der Waals surface area contributed by atoms with Crippen LogP contribution in [0.1, 0.15) is 26.2 Å². The average Bonchev–Trinajstić information content (AvgIpc) is 3.21. The second kappa shape index (κ2) is 5.77. The van der Waals surface area contributed by atoms with Gasteiger partial charge in [-0.15, -0.1) is 0 Å². The van der Waals surface area contributed by atoms with E-state index >= 15 is 0 Å². The Kier molecular flexibility index (Phi) is 1.46. The van der Waals surface area contributed by atoms with Crippen LogP contribution in [0.5, 0.6) is 0 Å². The van der Waals surface area contributed by atoms with Crippen molar-refractivity contribution in [2.45, 2.75) is 18.8 Å². The Morgan fingerprint density at radius 2 is 2.62 bits per heavy atom. The number of nitrogens with zero attached hydrogens (tertiary/aromatic N) is 1. The predicted octanol–water partition coefficient (Wildman–Crippen LogP) is 1.92. The summed E-state index contributed by atoms with van der Waals surface area (Å²) in [7, 11) is 0.860. The van der Waals surface area contributed by atoms with Crippen LogP contribution in [0, 0.1) is 0 Å². The molecule has 2 heterocycles. The fourth-order valence-electron chi connectivity index (χ4n) is 1.88. The summed E-state index contributed by atoms with van der Waals surface area (Å²) in [5.74, 6) is 0. The Morgan fingerprint density at radius 1 is 1.71 bits per heavy atom. The van der Waals surface area contributed by atoms with Crippen LogP contribution in [0.3, 0.4) is 0 Å². The maximum atomic E-state index is 11.6. The minimum Gasteiger partial charge on any atom is -0.447 e. The zero-order chi connectivity index (χ0) is 26.2. The number of aryl methyl sites for hydroxylation is 1. The van der Waals surface area contributed by atoms with Crippen LogP contribution in [0.4, 0.5) is 4.79 Å². The summed E-state index contributed by atoms with van der Waals surface area (Å²) in [5.41, 5.74) is -1.29. The first-order valence-electron chi connectivity index (χ1n) is 12.5. The highest BCUT2D eigenvalue weighted by atomic mass is 16.6. The van der Waals surface area contributed by atoms with Gasteiger partial charge in [-0.3, -0.25) is 0 Å². The zero-order valence-corrected chi connectivity index (χ0v) is 11.1. The lowest BCUT2D eigenvalue weighted by Gasteiger charge is -2.09. The number of aromatic nitrogens is 1. The van der Waals surface area contributed by atoms with E-state index in [1.807, 2.05) is 0 Å². The molecule has 0 bridgehead atoms. The van der Waals surface area contributed by atoms with Crippen molar-refractivity contribution in [2.24, 2.45) is 0 Å². The van der Waals surface area contributed by atoms with Crippen LogP contribution >= 0.6 is 0 Å². The molecule has 0 unspecified atom stereocenters. The molecule has 1 atom stereocenters. The standard InChI is InChI=1S/C16H21N3O2/c1-19(2)6-5-12-9-17-15-4-3-11(8-14(12)15)7-13-10-21-16(20)18-13/h3-4,8-9,13,17H,5-7,10H2,1-2H3,(H,18,20)/t13-/m0/s1/i1D3,3D,4D,5D2,6D2,8D,13D/hD2. The number of nitrogens with one attached hydrogen (secondary N) is 2. The lowest BCUT2D eigenvalue weighted by atomic mass is 10.0. The Bertz CT molecular complexity index is 1160. The van der Waals surface area contributed by atoms with Crippen LogP contribution in [0.2, 0.25) is 2.82 Å². The van der Waals surface area contributed by atoms with Gasteiger partial charge in [0.25, 0.3) is 0 Å². The van der Waals surface area contributed by atoms with Gasteiger partial charge in [-0.25, -0.2) is 4.79 Å². The molecule has 2 N–H and O–H groups in total. The smallest absolute Gasteiger partial charge is 0.407 e. The molecule has 1 amide bonds. The summed E-state index contributed by atoms with van der Waals surface area (Å²) in [6.45, 7) is -6.75. The highest BCUT2D eigenvalue weighted by Crippen LogP contribution is 2.21. The maximum absolute atomic E-state index is 11.6. The molecule has 1 aliphatic heterocycles. The summed E-state index contributed by atoms with van der Waals surface area (Å²) >= 11 is 0. The number of fused-ring (bicyclic) bond motifs is 1. The molecule has 5 nitrogen and oxygen atoms in total. The molecule has 1 fully saturated rings. The SMILES string of the molecule is [2H]c1c(C[C@@]2([2H])COC(=O)N2[2H])c([2H])c2c(C([2H])([2H])C([2H])([2H])N(C)C([2H])([2H])[2H])cn([2H])c2c1[2H].